The van der Waals surface area contributed by atoms with E-state index in [9.17, 15) is 9.50 Å². The smallest absolute Gasteiger partial charge is 0.143 e. The molecule has 0 amide bonds. The molecule has 1 fully saturated rings. The highest BCUT2D eigenvalue weighted by atomic mass is 19.1. The predicted molar refractivity (Wildman–Crippen MR) is 55.4 cm³/mol. The van der Waals surface area contributed by atoms with Gasteiger partial charge in [-0.2, -0.15) is 5.26 Å². The van der Waals surface area contributed by atoms with Gasteiger partial charge in [0.2, 0.25) is 0 Å². The van der Waals surface area contributed by atoms with Gasteiger partial charge in [0, 0.05) is 0 Å². The second-order valence-corrected chi connectivity index (χ2v) is 3.63. The zero-order chi connectivity index (χ0) is 11.5. The lowest BCUT2D eigenvalue weighted by Gasteiger charge is -2.16. The minimum absolute atomic E-state index is 0.0402. The van der Waals surface area contributed by atoms with Crippen molar-refractivity contribution in [3.63, 3.8) is 0 Å². The van der Waals surface area contributed by atoms with Crippen molar-refractivity contribution in [2.24, 2.45) is 0 Å². The number of hydrogen-bond donors (Lipinski definition) is 2. The van der Waals surface area contributed by atoms with E-state index in [1.807, 2.05) is 0 Å². The zero-order valence-electron chi connectivity index (χ0n) is 8.48. The molecule has 1 aliphatic rings. The molecule has 2 rings (SSSR count). The highest BCUT2D eigenvalue weighted by Crippen LogP contribution is 2.20. The molecule has 2 atom stereocenters. The number of anilines is 1. The van der Waals surface area contributed by atoms with Crippen LogP contribution in [0.1, 0.15) is 5.56 Å². The van der Waals surface area contributed by atoms with E-state index in [2.05, 4.69) is 5.32 Å². The average Bonchev–Trinajstić information content (AvgIpc) is 2.65. The summed E-state index contributed by atoms with van der Waals surface area (Å²) in [5.74, 6) is -0.569. The molecular formula is C11H11FN2O2. The topological polar surface area (TPSA) is 65.3 Å². The van der Waals surface area contributed by atoms with Crippen molar-refractivity contribution in [2.75, 3.05) is 18.5 Å². The number of aliphatic hydroxyl groups is 1. The molecule has 2 unspecified atom stereocenters. The first-order chi connectivity index (χ1) is 7.72. The number of nitriles is 1. The Balaban J connectivity index is 2.21. The van der Waals surface area contributed by atoms with Crippen LogP contribution in [0.2, 0.25) is 0 Å². The summed E-state index contributed by atoms with van der Waals surface area (Å²) in [5.41, 5.74) is 0.346. The zero-order valence-corrected chi connectivity index (χ0v) is 8.48. The summed E-state index contributed by atoms with van der Waals surface area (Å²) in [5, 5.41) is 21.2. The van der Waals surface area contributed by atoms with Crippen molar-refractivity contribution in [3.05, 3.63) is 29.6 Å². The van der Waals surface area contributed by atoms with Gasteiger partial charge < -0.3 is 15.2 Å². The molecule has 5 heteroatoms. The van der Waals surface area contributed by atoms with Gasteiger partial charge >= 0.3 is 0 Å². The maximum atomic E-state index is 13.3. The normalized spacial score (nSPS) is 24.1. The van der Waals surface area contributed by atoms with Crippen LogP contribution in [0.4, 0.5) is 10.1 Å². The van der Waals surface area contributed by atoms with E-state index in [-0.39, 0.29) is 18.2 Å². The molecule has 0 aliphatic carbocycles. The van der Waals surface area contributed by atoms with Gasteiger partial charge in [0.05, 0.1) is 31.0 Å². The number of hydrogen-bond acceptors (Lipinski definition) is 4. The SMILES string of the molecule is N#Cc1c(F)cccc1NC1COCC1O. The van der Waals surface area contributed by atoms with E-state index in [0.29, 0.717) is 12.3 Å². The summed E-state index contributed by atoms with van der Waals surface area (Å²) in [4.78, 5) is 0. The maximum absolute atomic E-state index is 13.3. The van der Waals surface area contributed by atoms with Gasteiger partial charge in [0.1, 0.15) is 17.4 Å². The van der Waals surface area contributed by atoms with Gasteiger partial charge in [-0.3, -0.25) is 0 Å². The van der Waals surface area contributed by atoms with E-state index < -0.39 is 11.9 Å². The number of halogens is 1. The Labute approximate surface area is 92.3 Å². The third-order valence-corrected chi connectivity index (χ3v) is 2.52. The van der Waals surface area contributed by atoms with Gasteiger partial charge in [0.25, 0.3) is 0 Å². The summed E-state index contributed by atoms with van der Waals surface area (Å²) in [6.45, 7) is 0.609. The average molecular weight is 222 g/mol. The molecule has 0 bridgehead atoms. The van der Waals surface area contributed by atoms with Crippen LogP contribution >= 0.6 is 0 Å². The lowest BCUT2D eigenvalue weighted by molar-refractivity contribution is 0.125. The highest BCUT2D eigenvalue weighted by Gasteiger charge is 2.26. The Kier molecular flexibility index (Phi) is 3.04. The van der Waals surface area contributed by atoms with Crippen molar-refractivity contribution >= 4 is 5.69 Å². The standard InChI is InChI=1S/C11H11FN2O2/c12-8-2-1-3-9(7(8)4-13)14-10-5-16-6-11(10)15/h1-3,10-11,14-15H,5-6H2. The van der Waals surface area contributed by atoms with Gasteiger partial charge in [-0.05, 0) is 12.1 Å². The molecule has 84 valence electrons. The van der Waals surface area contributed by atoms with Crippen molar-refractivity contribution < 1.29 is 14.2 Å². The monoisotopic (exact) mass is 222 g/mol. The van der Waals surface area contributed by atoms with Crippen LogP contribution in [0.25, 0.3) is 0 Å². The van der Waals surface area contributed by atoms with Gasteiger partial charge in [-0.15, -0.1) is 0 Å². The van der Waals surface area contributed by atoms with Crippen LogP contribution in [0.5, 0.6) is 0 Å². The lowest BCUT2D eigenvalue weighted by atomic mass is 10.1. The van der Waals surface area contributed by atoms with Gasteiger partial charge in [0.15, 0.2) is 0 Å². The summed E-state index contributed by atoms with van der Waals surface area (Å²) in [7, 11) is 0. The fourth-order valence-electron chi connectivity index (χ4n) is 1.64. The summed E-state index contributed by atoms with van der Waals surface area (Å²) in [6, 6.07) is 5.84. The van der Waals surface area contributed by atoms with Gasteiger partial charge in [-0.1, -0.05) is 6.07 Å². The fraction of sp³-hybridized carbons (Fsp3) is 0.364. The Morgan fingerprint density at radius 1 is 1.50 bits per heavy atom. The quantitative estimate of drug-likeness (QED) is 0.779. The maximum Gasteiger partial charge on any atom is 0.143 e. The number of nitrogens with zero attached hydrogens (tertiary/aromatic N) is 1. The Morgan fingerprint density at radius 2 is 2.31 bits per heavy atom. The molecule has 1 aromatic carbocycles. The largest absolute Gasteiger partial charge is 0.388 e. The molecule has 1 saturated heterocycles. The van der Waals surface area contributed by atoms with Crippen LogP contribution in [0.15, 0.2) is 18.2 Å². The first-order valence-corrected chi connectivity index (χ1v) is 4.93. The first kappa shape index (κ1) is 10.9. The summed E-state index contributed by atoms with van der Waals surface area (Å²) >= 11 is 0. The molecular weight excluding hydrogens is 211 g/mol. The Hall–Kier alpha value is -1.64. The van der Waals surface area contributed by atoms with Crippen LogP contribution in [-0.2, 0) is 4.74 Å². The molecule has 16 heavy (non-hydrogen) atoms. The Bertz CT molecular complexity index is 430. The minimum Gasteiger partial charge on any atom is -0.388 e. The first-order valence-electron chi connectivity index (χ1n) is 4.93. The molecule has 2 N–H and O–H groups in total. The van der Waals surface area contributed by atoms with Crippen LogP contribution < -0.4 is 5.32 Å². The predicted octanol–water partition coefficient (Wildman–Crippen LogP) is 0.869. The molecule has 0 saturated carbocycles. The number of rotatable bonds is 2. The molecule has 4 nitrogen and oxygen atoms in total. The van der Waals surface area contributed by atoms with Crippen LogP contribution in [0.3, 0.4) is 0 Å². The lowest BCUT2D eigenvalue weighted by Crippen LogP contribution is -2.32. The fourth-order valence-corrected chi connectivity index (χ4v) is 1.64. The van der Waals surface area contributed by atoms with E-state index in [0.717, 1.165) is 0 Å². The Morgan fingerprint density at radius 3 is 2.94 bits per heavy atom. The number of nitrogens with one attached hydrogen (secondary N) is 1. The summed E-state index contributed by atoms with van der Waals surface area (Å²) in [6.07, 6.45) is -0.630. The van der Waals surface area contributed by atoms with E-state index in [4.69, 9.17) is 10.00 Å². The third kappa shape index (κ3) is 1.98. The second kappa shape index (κ2) is 4.47. The van der Waals surface area contributed by atoms with Crippen LogP contribution in [0, 0.1) is 17.1 Å². The molecule has 0 aromatic heterocycles. The van der Waals surface area contributed by atoms with Crippen molar-refractivity contribution in [3.8, 4) is 6.07 Å². The summed E-state index contributed by atoms with van der Waals surface area (Å²) < 4.78 is 18.3. The highest BCUT2D eigenvalue weighted by molar-refractivity contribution is 5.58. The van der Waals surface area contributed by atoms with E-state index >= 15 is 0 Å². The van der Waals surface area contributed by atoms with Crippen molar-refractivity contribution in [1.29, 1.82) is 5.26 Å². The number of aliphatic hydroxyl groups excluding tert-OH is 1. The van der Waals surface area contributed by atoms with Crippen molar-refractivity contribution in [1.82, 2.24) is 0 Å². The molecule has 1 heterocycles. The molecule has 0 radical (unpaired) electrons. The number of ether oxygens (including phenoxy) is 1. The number of benzene rings is 1. The van der Waals surface area contributed by atoms with Gasteiger partial charge in [-0.25, -0.2) is 4.39 Å². The molecule has 1 aromatic rings. The third-order valence-electron chi connectivity index (χ3n) is 2.52. The minimum atomic E-state index is -0.630. The van der Waals surface area contributed by atoms with Crippen molar-refractivity contribution in [2.45, 2.75) is 12.1 Å². The molecule has 0 spiro atoms. The van der Waals surface area contributed by atoms with Crippen LogP contribution in [-0.4, -0.2) is 30.5 Å². The molecule has 1 aliphatic heterocycles. The van der Waals surface area contributed by atoms with E-state index in [1.165, 1.54) is 12.1 Å². The second-order valence-electron chi connectivity index (χ2n) is 3.63. The van der Waals surface area contributed by atoms with E-state index in [1.54, 1.807) is 12.1 Å².